The highest BCUT2D eigenvalue weighted by Gasteiger charge is 2.33. The lowest BCUT2D eigenvalue weighted by Gasteiger charge is -2.40. The van der Waals surface area contributed by atoms with Gasteiger partial charge in [-0.15, -0.1) is 0 Å². The molecule has 1 rings (SSSR count). The van der Waals surface area contributed by atoms with Crippen LogP contribution < -0.4 is 11.1 Å². The Morgan fingerprint density at radius 2 is 2.28 bits per heavy atom. The highest BCUT2D eigenvalue weighted by molar-refractivity contribution is 5.82. The van der Waals surface area contributed by atoms with Gasteiger partial charge in [0.1, 0.15) is 6.04 Å². The van der Waals surface area contributed by atoms with Crippen LogP contribution in [0.5, 0.6) is 0 Å². The van der Waals surface area contributed by atoms with Crippen molar-refractivity contribution in [3.63, 3.8) is 0 Å². The van der Waals surface area contributed by atoms with Crippen LogP contribution in [0.25, 0.3) is 0 Å². The molecule has 3 N–H and O–H groups in total. The van der Waals surface area contributed by atoms with Crippen LogP contribution in [0.15, 0.2) is 0 Å². The van der Waals surface area contributed by atoms with Crippen LogP contribution in [0.4, 0.5) is 0 Å². The minimum Gasteiger partial charge on any atom is -0.378 e. The van der Waals surface area contributed by atoms with Crippen molar-refractivity contribution in [1.82, 2.24) is 10.2 Å². The zero-order valence-corrected chi connectivity index (χ0v) is 11.8. The van der Waals surface area contributed by atoms with Gasteiger partial charge in [-0.3, -0.25) is 9.69 Å². The molecule has 5 nitrogen and oxygen atoms in total. The second-order valence-electron chi connectivity index (χ2n) is 5.13. The van der Waals surface area contributed by atoms with Crippen molar-refractivity contribution in [3.05, 3.63) is 0 Å². The van der Waals surface area contributed by atoms with Crippen LogP contribution in [0, 0.1) is 0 Å². The number of morpholine rings is 1. The van der Waals surface area contributed by atoms with E-state index in [0.29, 0.717) is 25.8 Å². The average Bonchev–Trinajstić information content (AvgIpc) is 2.35. The largest absolute Gasteiger partial charge is 0.378 e. The van der Waals surface area contributed by atoms with Gasteiger partial charge in [-0.25, -0.2) is 0 Å². The minimum absolute atomic E-state index is 0.0696. The molecule has 1 aliphatic heterocycles. The summed E-state index contributed by atoms with van der Waals surface area (Å²) in [6.07, 6.45) is 1.95. The lowest BCUT2D eigenvalue weighted by Crippen LogP contribution is -2.58. The summed E-state index contributed by atoms with van der Waals surface area (Å²) in [5.41, 5.74) is 5.66. The molecule has 1 amide bonds. The van der Waals surface area contributed by atoms with Crippen LogP contribution in [0.1, 0.15) is 33.6 Å². The van der Waals surface area contributed by atoms with E-state index in [2.05, 4.69) is 17.1 Å². The molecule has 2 unspecified atom stereocenters. The lowest BCUT2D eigenvalue weighted by molar-refractivity contribution is -0.135. The number of rotatable bonds is 6. The number of hydrogen-bond donors (Lipinski definition) is 2. The summed E-state index contributed by atoms with van der Waals surface area (Å²) in [6, 6.07) is 0.371. The first kappa shape index (κ1) is 15.4. The Morgan fingerprint density at radius 3 is 2.83 bits per heavy atom. The molecule has 106 valence electrons. The van der Waals surface area contributed by atoms with Crippen molar-refractivity contribution in [1.29, 1.82) is 0 Å². The van der Waals surface area contributed by atoms with E-state index in [-0.39, 0.29) is 18.0 Å². The van der Waals surface area contributed by atoms with Crippen LogP contribution in [0.2, 0.25) is 0 Å². The molecule has 1 heterocycles. The zero-order chi connectivity index (χ0) is 13.5. The highest BCUT2D eigenvalue weighted by Crippen LogP contribution is 2.16. The smallest absolute Gasteiger partial charge is 0.239 e. The van der Waals surface area contributed by atoms with E-state index in [1.165, 1.54) is 0 Å². The Morgan fingerprint density at radius 1 is 1.56 bits per heavy atom. The molecule has 1 aliphatic rings. The van der Waals surface area contributed by atoms with Crippen molar-refractivity contribution in [3.8, 4) is 0 Å². The van der Waals surface area contributed by atoms with Crippen LogP contribution >= 0.6 is 0 Å². The van der Waals surface area contributed by atoms with E-state index >= 15 is 0 Å². The normalized spacial score (nSPS) is 23.1. The summed E-state index contributed by atoms with van der Waals surface area (Å²) in [4.78, 5) is 14.4. The second-order valence-corrected chi connectivity index (χ2v) is 5.13. The Bertz CT molecular complexity index is 259. The Kier molecular flexibility index (Phi) is 6.60. The number of nitrogens with zero attached hydrogens (tertiary/aromatic N) is 1. The molecule has 1 fully saturated rings. The molecule has 18 heavy (non-hydrogen) atoms. The maximum atomic E-state index is 12.2. The fraction of sp³-hybridized carbons (Fsp3) is 0.923. The first-order valence-corrected chi connectivity index (χ1v) is 6.94. The van der Waals surface area contributed by atoms with Gasteiger partial charge in [0.2, 0.25) is 5.91 Å². The van der Waals surface area contributed by atoms with Gasteiger partial charge in [-0.1, -0.05) is 6.92 Å². The van der Waals surface area contributed by atoms with Crippen molar-refractivity contribution < 1.29 is 9.53 Å². The summed E-state index contributed by atoms with van der Waals surface area (Å²) in [5.74, 6) is 0.0696. The molecule has 0 aromatic carbocycles. The molecule has 0 aliphatic carbocycles. The van der Waals surface area contributed by atoms with Gasteiger partial charge in [0.15, 0.2) is 0 Å². The lowest BCUT2D eigenvalue weighted by atomic mass is 10.0. The summed E-state index contributed by atoms with van der Waals surface area (Å²) < 4.78 is 5.45. The first-order chi connectivity index (χ1) is 8.60. The molecule has 2 atom stereocenters. The molecule has 5 heteroatoms. The summed E-state index contributed by atoms with van der Waals surface area (Å²) in [5, 5.41) is 2.97. The van der Waals surface area contributed by atoms with Crippen LogP contribution in [-0.4, -0.2) is 55.2 Å². The van der Waals surface area contributed by atoms with Gasteiger partial charge in [0.25, 0.3) is 0 Å². The average molecular weight is 257 g/mol. The van der Waals surface area contributed by atoms with Crippen LogP contribution in [-0.2, 0) is 9.53 Å². The van der Waals surface area contributed by atoms with Crippen molar-refractivity contribution in [2.45, 2.75) is 51.7 Å². The monoisotopic (exact) mass is 257 g/mol. The zero-order valence-electron chi connectivity index (χ0n) is 11.8. The van der Waals surface area contributed by atoms with Crippen LogP contribution in [0.3, 0.4) is 0 Å². The number of carbonyl (C=O) groups excluding carboxylic acids is 1. The van der Waals surface area contributed by atoms with Gasteiger partial charge in [0, 0.05) is 18.6 Å². The van der Waals surface area contributed by atoms with E-state index in [4.69, 9.17) is 10.5 Å². The van der Waals surface area contributed by atoms with E-state index in [1.807, 2.05) is 13.8 Å². The molecule has 1 saturated heterocycles. The Labute approximate surface area is 110 Å². The Balaban J connectivity index is 2.68. The minimum atomic E-state index is -0.169. The number of nitrogens with one attached hydrogen (secondary N) is 1. The highest BCUT2D eigenvalue weighted by atomic mass is 16.5. The Hall–Kier alpha value is -0.650. The summed E-state index contributed by atoms with van der Waals surface area (Å²) in [7, 11) is 0. The van der Waals surface area contributed by atoms with Crippen molar-refractivity contribution >= 4 is 5.91 Å². The predicted molar refractivity (Wildman–Crippen MR) is 72.3 cm³/mol. The molecule has 0 bridgehead atoms. The third kappa shape index (κ3) is 4.23. The molecule has 0 aromatic rings. The fourth-order valence-electron chi connectivity index (χ4n) is 2.46. The van der Waals surface area contributed by atoms with Crippen molar-refractivity contribution in [2.24, 2.45) is 5.73 Å². The summed E-state index contributed by atoms with van der Waals surface area (Å²) in [6.45, 7) is 8.76. The maximum absolute atomic E-state index is 12.2. The third-order valence-corrected chi connectivity index (χ3v) is 3.34. The first-order valence-electron chi connectivity index (χ1n) is 6.94. The summed E-state index contributed by atoms with van der Waals surface area (Å²) >= 11 is 0. The second kappa shape index (κ2) is 7.71. The topological polar surface area (TPSA) is 67.6 Å². The molecule has 0 radical (unpaired) electrons. The standard InChI is InChI=1S/C13H27N3O2/c1-4-11(5-6-14)16-7-8-18-9-12(16)13(17)15-10(2)3/h10-12H,4-9,14H2,1-3H3,(H,15,17). The number of amides is 1. The molecule has 0 spiro atoms. The van der Waals surface area contributed by atoms with Gasteiger partial charge in [-0.2, -0.15) is 0 Å². The van der Waals surface area contributed by atoms with E-state index < -0.39 is 0 Å². The van der Waals surface area contributed by atoms with Gasteiger partial charge < -0.3 is 15.8 Å². The molecule has 0 aromatic heterocycles. The third-order valence-electron chi connectivity index (χ3n) is 3.34. The van der Waals surface area contributed by atoms with E-state index in [1.54, 1.807) is 0 Å². The fourth-order valence-corrected chi connectivity index (χ4v) is 2.46. The van der Waals surface area contributed by atoms with Gasteiger partial charge in [0.05, 0.1) is 13.2 Å². The number of nitrogens with two attached hydrogens (primary N) is 1. The number of carbonyl (C=O) groups is 1. The quantitative estimate of drug-likeness (QED) is 0.720. The van der Waals surface area contributed by atoms with Gasteiger partial charge >= 0.3 is 0 Å². The molecule has 0 saturated carbocycles. The maximum Gasteiger partial charge on any atom is 0.239 e. The predicted octanol–water partition coefficient (Wildman–Crippen LogP) is 0.339. The van der Waals surface area contributed by atoms with E-state index in [0.717, 1.165) is 19.4 Å². The molecular formula is C13H27N3O2. The molecular weight excluding hydrogens is 230 g/mol. The van der Waals surface area contributed by atoms with Crippen molar-refractivity contribution in [2.75, 3.05) is 26.3 Å². The van der Waals surface area contributed by atoms with E-state index in [9.17, 15) is 4.79 Å². The SMILES string of the molecule is CCC(CCN)N1CCOCC1C(=O)NC(C)C. The number of hydrogen-bond acceptors (Lipinski definition) is 4. The number of ether oxygens (including phenoxy) is 1. The van der Waals surface area contributed by atoms with Gasteiger partial charge in [-0.05, 0) is 33.2 Å².